The molecule has 0 fully saturated rings. The fourth-order valence-corrected chi connectivity index (χ4v) is 1.13. The fourth-order valence-electron chi connectivity index (χ4n) is 1.13. The maximum Gasteiger partial charge on any atom is -0.00179 e. The standard InChI is InChI=1S/C10H8.C3H9N/c1-2-6-10-8-4-3-7-9(10)5-1;1-3(2)4/h1-8H;3H,4H2,1-2H3. The third kappa shape index (κ3) is 3.58. The third-order valence-corrected chi connectivity index (χ3v) is 1.66. The van der Waals surface area contributed by atoms with E-state index in [2.05, 4.69) is 48.5 Å². The summed E-state index contributed by atoms with van der Waals surface area (Å²) >= 11 is 0. The first kappa shape index (κ1) is 10.7. The first-order valence-electron chi connectivity index (χ1n) is 4.89. The van der Waals surface area contributed by atoms with E-state index in [9.17, 15) is 0 Å². The SMILES string of the molecule is CC(C)N.c1ccc2ccccc2c1. The van der Waals surface area contributed by atoms with Crippen LogP contribution in [-0.4, -0.2) is 6.04 Å². The van der Waals surface area contributed by atoms with Crippen molar-refractivity contribution in [3.63, 3.8) is 0 Å². The van der Waals surface area contributed by atoms with Crippen LogP contribution in [0.15, 0.2) is 48.5 Å². The fraction of sp³-hybridized carbons (Fsp3) is 0.231. The summed E-state index contributed by atoms with van der Waals surface area (Å²) in [6.07, 6.45) is 0. The van der Waals surface area contributed by atoms with E-state index in [0.29, 0.717) is 6.04 Å². The van der Waals surface area contributed by atoms with Gasteiger partial charge in [0.15, 0.2) is 0 Å². The zero-order valence-electron chi connectivity index (χ0n) is 8.77. The molecule has 0 saturated carbocycles. The average molecular weight is 187 g/mol. The molecule has 0 amide bonds. The van der Waals surface area contributed by atoms with E-state index in [-0.39, 0.29) is 0 Å². The Morgan fingerprint density at radius 2 is 1.00 bits per heavy atom. The lowest BCUT2D eigenvalue weighted by molar-refractivity contribution is 0.834. The highest BCUT2D eigenvalue weighted by molar-refractivity contribution is 5.81. The van der Waals surface area contributed by atoms with Crippen molar-refractivity contribution in [2.24, 2.45) is 5.73 Å². The van der Waals surface area contributed by atoms with Crippen LogP contribution in [0, 0.1) is 0 Å². The van der Waals surface area contributed by atoms with E-state index in [1.54, 1.807) is 0 Å². The van der Waals surface area contributed by atoms with Crippen LogP contribution < -0.4 is 5.73 Å². The summed E-state index contributed by atoms with van der Waals surface area (Å²) in [7, 11) is 0. The van der Waals surface area contributed by atoms with E-state index in [4.69, 9.17) is 5.73 Å². The molecule has 2 aromatic carbocycles. The van der Waals surface area contributed by atoms with Gasteiger partial charge < -0.3 is 5.73 Å². The van der Waals surface area contributed by atoms with E-state index in [1.807, 2.05) is 13.8 Å². The minimum absolute atomic E-state index is 0.333. The average Bonchev–Trinajstić information content (AvgIpc) is 2.17. The Morgan fingerprint density at radius 3 is 1.21 bits per heavy atom. The minimum Gasteiger partial charge on any atom is -0.328 e. The highest BCUT2D eigenvalue weighted by Gasteiger charge is 1.85. The van der Waals surface area contributed by atoms with Gasteiger partial charge in [-0.25, -0.2) is 0 Å². The summed E-state index contributed by atoms with van der Waals surface area (Å²) < 4.78 is 0. The summed E-state index contributed by atoms with van der Waals surface area (Å²) in [5.74, 6) is 0. The minimum atomic E-state index is 0.333. The Bertz CT molecular complexity index is 311. The number of hydrogen-bond donors (Lipinski definition) is 1. The Hall–Kier alpha value is -1.34. The Labute approximate surface area is 85.6 Å². The highest BCUT2D eigenvalue weighted by atomic mass is 14.6. The van der Waals surface area contributed by atoms with Crippen molar-refractivity contribution in [1.82, 2.24) is 0 Å². The first-order chi connectivity index (χ1) is 6.70. The van der Waals surface area contributed by atoms with Gasteiger partial charge in [-0.05, 0) is 16.8 Å². The van der Waals surface area contributed by atoms with Crippen molar-refractivity contribution in [3.8, 4) is 0 Å². The maximum atomic E-state index is 5.11. The molecule has 1 nitrogen and oxygen atoms in total. The van der Waals surface area contributed by atoms with Crippen LogP contribution >= 0.6 is 0 Å². The molecule has 14 heavy (non-hydrogen) atoms. The lowest BCUT2D eigenvalue weighted by atomic mass is 10.1. The molecule has 2 aromatic rings. The third-order valence-electron chi connectivity index (χ3n) is 1.66. The van der Waals surface area contributed by atoms with E-state index >= 15 is 0 Å². The Kier molecular flexibility index (Phi) is 4.14. The molecule has 1 heteroatoms. The van der Waals surface area contributed by atoms with Gasteiger partial charge >= 0.3 is 0 Å². The van der Waals surface area contributed by atoms with Crippen molar-refractivity contribution in [2.75, 3.05) is 0 Å². The Balaban J connectivity index is 0.000000213. The highest BCUT2D eigenvalue weighted by Crippen LogP contribution is 2.11. The van der Waals surface area contributed by atoms with Crippen LogP contribution in [0.3, 0.4) is 0 Å². The van der Waals surface area contributed by atoms with Gasteiger partial charge in [-0.15, -0.1) is 0 Å². The van der Waals surface area contributed by atoms with Crippen LogP contribution in [0.4, 0.5) is 0 Å². The predicted molar refractivity (Wildman–Crippen MR) is 63.3 cm³/mol. The lowest BCUT2D eigenvalue weighted by Gasteiger charge is -1.92. The van der Waals surface area contributed by atoms with Crippen LogP contribution in [0.2, 0.25) is 0 Å². The van der Waals surface area contributed by atoms with Crippen LogP contribution in [0.25, 0.3) is 10.8 Å². The number of benzene rings is 2. The summed E-state index contributed by atoms with van der Waals surface area (Å²) in [4.78, 5) is 0. The van der Waals surface area contributed by atoms with Gasteiger partial charge in [0.1, 0.15) is 0 Å². The molecule has 2 rings (SSSR count). The van der Waals surface area contributed by atoms with Crippen molar-refractivity contribution in [1.29, 1.82) is 0 Å². The van der Waals surface area contributed by atoms with Crippen molar-refractivity contribution in [3.05, 3.63) is 48.5 Å². The molecule has 0 bridgehead atoms. The molecular weight excluding hydrogens is 170 g/mol. The molecule has 0 aliphatic carbocycles. The quantitative estimate of drug-likeness (QED) is 0.673. The molecule has 0 heterocycles. The number of rotatable bonds is 0. The molecule has 0 aromatic heterocycles. The van der Waals surface area contributed by atoms with Gasteiger partial charge in [0, 0.05) is 0 Å². The second-order valence-corrected chi connectivity index (χ2v) is 3.59. The van der Waals surface area contributed by atoms with E-state index in [0.717, 1.165) is 0 Å². The molecule has 0 unspecified atom stereocenters. The second-order valence-electron chi connectivity index (χ2n) is 3.59. The molecule has 0 spiro atoms. The molecule has 2 N–H and O–H groups in total. The van der Waals surface area contributed by atoms with Gasteiger partial charge in [0.25, 0.3) is 0 Å². The van der Waals surface area contributed by atoms with Gasteiger partial charge in [0.05, 0.1) is 0 Å². The zero-order chi connectivity index (χ0) is 10.4. The summed E-state index contributed by atoms with van der Waals surface area (Å²) in [5.41, 5.74) is 5.11. The first-order valence-corrected chi connectivity index (χ1v) is 4.89. The molecule has 0 aliphatic rings. The predicted octanol–water partition coefficient (Wildman–Crippen LogP) is 3.19. The van der Waals surface area contributed by atoms with E-state index in [1.165, 1.54) is 10.8 Å². The van der Waals surface area contributed by atoms with Gasteiger partial charge in [0.2, 0.25) is 0 Å². The largest absolute Gasteiger partial charge is 0.328 e. The second kappa shape index (κ2) is 5.40. The summed E-state index contributed by atoms with van der Waals surface area (Å²) in [6, 6.07) is 17.0. The molecule has 74 valence electrons. The molecule has 0 saturated heterocycles. The lowest BCUT2D eigenvalue weighted by Crippen LogP contribution is -2.06. The zero-order valence-corrected chi connectivity index (χ0v) is 8.77. The maximum absolute atomic E-state index is 5.11. The number of nitrogens with two attached hydrogens (primary N) is 1. The smallest absolute Gasteiger partial charge is 0.00179 e. The van der Waals surface area contributed by atoms with Crippen molar-refractivity contribution in [2.45, 2.75) is 19.9 Å². The Morgan fingerprint density at radius 1 is 0.786 bits per heavy atom. The van der Waals surface area contributed by atoms with Crippen LogP contribution in [-0.2, 0) is 0 Å². The van der Waals surface area contributed by atoms with Gasteiger partial charge in [-0.3, -0.25) is 0 Å². The summed E-state index contributed by atoms with van der Waals surface area (Å²) in [5, 5.41) is 2.62. The van der Waals surface area contributed by atoms with Crippen LogP contribution in [0.1, 0.15) is 13.8 Å². The molecule has 0 aliphatic heterocycles. The summed E-state index contributed by atoms with van der Waals surface area (Å²) in [6.45, 7) is 3.89. The normalized spacial score (nSPS) is 9.71. The number of fused-ring (bicyclic) bond motifs is 1. The molecular formula is C13H17N. The molecule has 0 atom stereocenters. The molecule has 0 radical (unpaired) electrons. The van der Waals surface area contributed by atoms with Gasteiger partial charge in [-0.1, -0.05) is 62.4 Å². The van der Waals surface area contributed by atoms with E-state index < -0.39 is 0 Å². The number of hydrogen-bond acceptors (Lipinski definition) is 1. The van der Waals surface area contributed by atoms with Crippen molar-refractivity contribution < 1.29 is 0 Å². The van der Waals surface area contributed by atoms with Gasteiger partial charge in [-0.2, -0.15) is 0 Å². The van der Waals surface area contributed by atoms with Crippen LogP contribution in [0.5, 0.6) is 0 Å². The monoisotopic (exact) mass is 187 g/mol. The topological polar surface area (TPSA) is 26.0 Å². The van der Waals surface area contributed by atoms with Crippen molar-refractivity contribution >= 4 is 10.8 Å².